The minimum atomic E-state index is -0.0635. The van der Waals surface area contributed by atoms with E-state index in [0.29, 0.717) is 5.88 Å². The molecule has 2 aromatic rings. The first-order valence-electron chi connectivity index (χ1n) is 5.78. The van der Waals surface area contributed by atoms with E-state index in [4.69, 9.17) is 11.6 Å². The zero-order valence-electron chi connectivity index (χ0n) is 10.1. The van der Waals surface area contributed by atoms with Crippen LogP contribution in [0.15, 0.2) is 36.4 Å². The lowest BCUT2D eigenvalue weighted by Gasteiger charge is -2.04. The zero-order chi connectivity index (χ0) is 13.0. The molecule has 1 N–H and O–H groups in total. The number of thiophene rings is 1. The quantitative estimate of drug-likeness (QED) is 0.831. The Morgan fingerprint density at radius 1 is 1.33 bits per heavy atom. The standard InChI is InChI=1S/C14H14ClNOS/c1-2-12-6-7-13(18-12)14(17)16-11-5-3-4-10(8-11)9-15/h3-8H,2,9H2,1H3,(H,16,17). The number of alkyl halides is 1. The van der Waals surface area contributed by atoms with Crippen molar-refractivity contribution in [3.63, 3.8) is 0 Å². The van der Waals surface area contributed by atoms with Crippen molar-refractivity contribution in [2.75, 3.05) is 5.32 Å². The van der Waals surface area contributed by atoms with E-state index >= 15 is 0 Å². The highest BCUT2D eigenvalue weighted by Crippen LogP contribution is 2.19. The summed E-state index contributed by atoms with van der Waals surface area (Å²) in [6, 6.07) is 11.4. The fourth-order valence-electron chi connectivity index (χ4n) is 1.61. The monoisotopic (exact) mass is 279 g/mol. The fraction of sp³-hybridized carbons (Fsp3) is 0.214. The van der Waals surface area contributed by atoms with Crippen LogP contribution in [0, 0.1) is 0 Å². The summed E-state index contributed by atoms with van der Waals surface area (Å²) >= 11 is 7.30. The van der Waals surface area contributed by atoms with Crippen molar-refractivity contribution < 1.29 is 4.79 Å². The van der Waals surface area contributed by atoms with Crippen molar-refractivity contribution in [3.8, 4) is 0 Å². The highest BCUT2D eigenvalue weighted by molar-refractivity contribution is 7.14. The Hall–Kier alpha value is -1.32. The Bertz CT molecular complexity index is 550. The van der Waals surface area contributed by atoms with Gasteiger partial charge in [-0.15, -0.1) is 22.9 Å². The van der Waals surface area contributed by atoms with Crippen LogP contribution in [0.1, 0.15) is 27.0 Å². The summed E-state index contributed by atoms with van der Waals surface area (Å²) in [4.78, 5) is 14.0. The second kappa shape index (κ2) is 6.03. The third-order valence-corrected chi connectivity index (χ3v) is 4.11. The van der Waals surface area contributed by atoms with Crippen molar-refractivity contribution in [1.82, 2.24) is 0 Å². The van der Waals surface area contributed by atoms with E-state index in [9.17, 15) is 4.79 Å². The molecule has 0 spiro atoms. The molecule has 0 aliphatic heterocycles. The van der Waals surface area contributed by atoms with Gasteiger partial charge in [-0.1, -0.05) is 19.1 Å². The van der Waals surface area contributed by atoms with Crippen LogP contribution in [0.25, 0.3) is 0 Å². The molecule has 94 valence electrons. The van der Waals surface area contributed by atoms with Crippen LogP contribution in [0.3, 0.4) is 0 Å². The Labute approximate surface area is 116 Å². The Morgan fingerprint density at radius 3 is 2.83 bits per heavy atom. The summed E-state index contributed by atoms with van der Waals surface area (Å²) < 4.78 is 0. The molecule has 1 aromatic carbocycles. The van der Waals surface area contributed by atoms with Crippen molar-refractivity contribution >= 4 is 34.5 Å². The van der Waals surface area contributed by atoms with Crippen molar-refractivity contribution in [2.24, 2.45) is 0 Å². The highest BCUT2D eigenvalue weighted by atomic mass is 35.5. The average molecular weight is 280 g/mol. The first-order chi connectivity index (χ1) is 8.72. The highest BCUT2D eigenvalue weighted by Gasteiger charge is 2.09. The number of hydrogen-bond donors (Lipinski definition) is 1. The van der Waals surface area contributed by atoms with Crippen LogP contribution in [-0.4, -0.2) is 5.91 Å². The molecule has 1 heterocycles. The first-order valence-corrected chi connectivity index (χ1v) is 7.13. The second-order valence-corrected chi connectivity index (χ2v) is 5.34. The minimum absolute atomic E-state index is 0.0635. The molecule has 0 saturated heterocycles. The number of hydrogen-bond acceptors (Lipinski definition) is 2. The average Bonchev–Trinajstić information content (AvgIpc) is 2.88. The van der Waals surface area contributed by atoms with Gasteiger partial charge in [0, 0.05) is 16.4 Å². The van der Waals surface area contributed by atoms with Gasteiger partial charge < -0.3 is 5.32 Å². The molecule has 0 saturated carbocycles. The van der Waals surface area contributed by atoms with Gasteiger partial charge in [0.1, 0.15) is 0 Å². The van der Waals surface area contributed by atoms with Crippen LogP contribution in [-0.2, 0) is 12.3 Å². The maximum absolute atomic E-state index is 12.0. The van der Waals surface area contributed by atoms with Gasteiger partial charge in [-0.3, -0.25) is 4.79 Å². The summed E-state index contributed by atoms with van der Waals surface area (Å²) in [6.45, 7) is 2.08. The van der Waals surface area contributed by atoms with Crippen molar-refractivity contribution in [2.45, 2.75) is 19.2 Å². The number of rotatable bonds is 4. The molecular weight excluding hydrogens is 266 g/mol. The summed E-state index contributed by atoms with van der Waals surface area (Å²) in [5.41, 5.74) is 1.78. The number of nitrogens with one attached hydrogen (secondary N) is 1. The van der Waals surface area contributed by atoms with Crippen molar-refractivity contribution in [3.05, 3.63) is 51.7 Å². The molecule has 2 rings (SSSR count). The lowest BCUT2D eigenvalue weighted by Crippen LogP contribution is -2.10. The number of benzene rings is 1. The van der Waals surface area contributed by atoms with Gasteiger partial charge in [-0.2, -0.15) is 0 Å². The number of aryl methyl sites for hydroxylation is 1. The molecule has 0 atom stereocenters. The van der Waals surface area contributed by atoms with Crippen molar-refractivity contribution in [1.29, 1.82) is 0 Å². The summed E-state index contributed by atoms with van der Waals surface area (Å²) in [5.74, 6) is 0.384. The van der Waals surface area contributed by atoms with Crippen LogP contribution in [0.2, 0.25) is 0 Å². The van der Waals surface area contributed by atoms with E-state index in [-0.39, 0.29) is 5.91 Å². The van der Waals surface area contributed by atoms with Gasteiger partial charge in [0.05, 0.1) is 4.88 Å². The zero-order valence-corrected chi connectivity index (χ0v) is 11.6. The Kier molecular flexibility index (Phi) is 4.39. The molecule has 0 aliphatic rings. The molecule has 0 fully saturated rings. The van der Waals surface area contributed by atoms with E-state index < -0.39 is 0 Å². The first kappa shape index (κ1) is 13.1. The van der Waals surface area contributed by atoms with Crippen LogP contribution >= 0.6 is 22.9 Å². The molecule has 18 heavy (non-hydrogen) atoms. The van der Waals surface area contributed by atoms with E-state index in [0.717, 1.165) is 22.5 Å². The smallest absolute Gasteiger partial charge is 0.265 e. The normalized spacial score (nSPS) is 10.3. The lowest BCUT2D eigenvalue weighted by molar-refractivity contribution is 0.103. The lowest BCUT2D eigenvalue weighted by atomic mass is 10.2. The molecule has 1 amide bonds. The number of amides is 1. The topological polar surface area (TPSA) is 29.1 Å². The third kappa shape index (κ3) is 3.12. The molecular formula is C14H14ClNOS. The molecule has 4 heteroatoms. The van der Waals surface area contributed by atoms with Gasteiger partial charge in [0.15, 0.2) is 0 Å². The molecule has 0 unspecified atom stereocenters. The van der Waals surface area contributed by atoms with Gasteiger partial charge in [0.25, 0.3) is 5.91 Å². The van der Waals surface area contributed by atoms with E-state index in [1.807, 2.05) is 36.4 Å². The van der Waals surface area contributed by atoms with E-state index in [2.05, 4.69) is 12.2 Å². The van der Waals surface area contributed by atoms with Gasteiger partial charge in [0.2, 0.25) is 0 Å². The largest absolute Gasteiger partial charge is 0.321 e. The maximum atomic E-state index is 12.0. The molecule has 1 aromatic heterocycles. The molecule has 0 radical (unpaired) electrons. The van der Waals surface area contributed by atoms with Gasteiger partial charge >= 0.3 is 0 Å². The fourth-order valence-corrected chi connectivity index (χ4v) is 2.62. The Morgan fingerprint density at radius 2 is 2.17 bits per heavy atom. The molecule has 2 nitrogen and oxygen atoms in total. The Balaban J connectivity index is 2.10. The number of carbonyl (C=O) groups is 1. The number of halogens is 1. The SMILES string of the molecule is CCc1ccc(C(=O)Nc2cccc(CCl)c2)s1. The molecule has 0 aliphatic carbocycles. The maximum Gasteiger partial charge on any atom is 0.265 e. The second-order valence-electron chi connectivity index (χ2n) is 3.91. The minimum Gasteiger partial charge on any atom is -0.321 e. The summed E-state index contributed by atoms with van der Waals surface area (Å²) in [5, 5.41) is 2.88. The molecule has 0 bridgehead atoms. The number of carbonyl (C=O) groups excluding carboxylic acids is 1. The number of anilines is 1. The van der Waals surface area contributed by atoms with Crippen LogP contribution < -0.4 is 5.32 Å². The van der Waals surface area contributed by atoms with Gasteiger partial charge in [-0.05, 0) is 36.2 Å². The van der Waals surface area contributed by atoms with E-state index in [1.54, 1.807) is 0 Å². The van der Waals surface area contributed by atoms with Crippen LogP contribution in [0.4, 0.5) is 5.69 Å². The third-order valence-electron chi connectivity index (χ3n) is 2.57. The predicted octanol–water partition coefficient (Wildman–Crippen LogP) is 4.30. The summed E-state index contributed by atoms with van der Waals surface area (Å²) in [6.07, 6.45) is 0.958. The van der Waals surface area contributed by atoms with Crippen LogP contribution in [0.5, 0.6) is 0 Å². The van der Waals surface area contributed by atoms with E-state index in [1.165, 1.54) is 16.2 Å². The predicted molar refractivity (Wildman–Crippen MR) is 77.6 cm³/mol. The van der Waals surface area contributed by atoms with Gasteiger partial charge in [-0.25, -0.2) is 0 Å². The summed E-state index contributed by atoms with van der Waals surface area (Å²) in [7, 11) is 0.